The number of benzene rings is 1. The van der Waals surface area contributed by atoms with E-state index >= 15 is 0 Å². The molecule has 0 heterocycles. The summed E-state index contributed by atoms with van der Waals surface area (Å²) in [7, 11) is 0. The Morgan fingerprint density at radius 3 is 2.45 bits per heavy atom. The smallest absolute Gasteiger partial charge is 0.254 e. The number of nitrogens with two attached hydrogens (primary N) is 1. The van der Waals surface area contributed by atoms with Crippen molar-refractivity contribution in [3.63, 3.8) is 0 Å². The summed E-state index contributed by atoms with van der Waals surface area (Å²) >= 11 is 4.95. The fraction of sp³-hybridized carbons (Fsp3) is 0.500. The van der Waals surface area contributed by atoms with Crippen LogP contribution in [0.4, 0.5) is 0 Å². The fourth-order valence-electron chi connectivity index (χ4n) is 2.76. The third-order valence-electron chi connectivity index (χ3n) is 3.92. The highest BCUT2D eigenvalue weighted by molar-refractivity contribution is 7.80. The van der Waals surface area contributed by atoms with Crippen LogP contribution in [0.3, 0.4) is 0 Å². The van der Waals surface area contributed by atoms with Crippen LogP contribution in [-0.2, 0) is 0 Å². The molecule has 0 atom stereocenters. The topological polar surface area (TPSA) is 46.3 Å². The number of carbonyl (C=O) groups is 1. The molecule has 0 unspecified atom stereocenters. The zero-order chi connectivity index (χ0) is 14.5. The van der Waals surface area contributed by atoms with E-state index in [0.717, 1.165) is 24.0 Å². The van der Waals surface area contributed by atoms with Crippen LogP contribution < -0.4 is 5.73 Å². The number of hydrogen-bond donors (Lipinski definition) is 1. The van der Waals surface area contributed by atoms with Gasteiger partial charge in [0.2, 0.25) is 0 Å². The predicted molar refractivity (Wildman–Crippen MR) is 85.9 cm³/mol. The first-order chi connectivity index (χ1) is 9.58. The first kappa shape index (κ1) is 15.0. The van der Waals surface area contributed by atoms with Crippen LogP contribution in [0.2, 0.25) is 0 Å². The first-order valence-electron chi connectivity index (χ1n) is 7.24. The molecular weight excluding hydrogens is 268 g/mol. The molecule has 1 aliphatic rings. The van der Waals surface area contributed by atoms with E-state index in [1.54, 1.807) is 0 Å². The summed E-state index contributed by atoms with van der Waals surface area (Å²) in [6.45, 7) is 2.66. The Morgan fingerprint density at radius 2 is 1.90 bits per heavy atom. The molecule has 1 fully saturated rings. The van der Waals surface area contributed by atoms with Gasteiger partial charge < -0.3 is 10.6 Å². The minimum Gasteiger partial charge on any atom is -0.393 e. The highest BCUT2D eigenvalue weighted by atomic mass is 32.1. The molecule has 1 aliphatic carbocycles. The molecule has 108 valence electrons. The van der Waals surface area contributed by atoms with Gasteiger partial charge in [-0.1, -0.05) is 42.8 Å². The molecule has 2 N–H and O–H groups in total. The van der Waals surface area contributed by atoms with Gasteiger partial charge in [-0.15, -0.1) is 0 Å². The van der Waals surface area contributed by atoms with E-state index in [1.807, 2.05) is 36.1 Å². The van der Waals surface area contributed by atoms with E-state index in [1.165, 1.54) is 12.8 Å². The molecule has 0 bridgehead atoms. The number of aryl methyl sites for hydroxylation is 1. The van der Waals surface area contributed by atoms with Crippen LogP contribution in [0.15, 0.2) is 24.3 Å². The van der Waals surface area contributed by atoms with Crippen molar-refractivity contribution in [3.8, 4) is 0 Å². The average Bonchev–Trinajstić information content (AvgIpc) is 2.93. The van der Waals surface area contributed by atoms with Crippen molar-refractivity contribution in [1.29, 1.82) is 0 Å². The normalized spacial score (nSPS) is 15.2. The lowest BCUT2D eigenvalue weighted by molar-refractivity contribution is 0.0688. The second-order valence-corrected chi connectivity index (χ2v) is 6.04. The van der Waals surface area contributed by atoms with Crippen LogP contribution in [0.1, 0.15) is 48.0 Å². The standard InChI is InChI=1S/C16H22N2OS/c1-12-6-8-13(9-7-12)16(19)18(11-10-15(17)20)14-4-2-3-5-14/h6-9,14H,2-5,10-11H2,1H3,(H2,17,20). The molecular formula is C16H22N2OS. The second-order valence-electron chi connectivity index (χ2n) is 5.52. The predicted octanol–water partition coefficient (Wildman–Crippen LogP) is 3.06. The van der Waals surface area contributed by atoms with E-state index in [4.69, 9.17) is 18.0 Å². The number of nitrogens with zero attached hydrogens (tertiary/aromatic N) is 1. The van der Waals surface area contributed by atoms with Crippen LogP contribution in [0.25, 0.3) is 0 Å². The highest BCUT2D eigenvalue weighted by Gasteiger charge is 2.27. The van der Waals surface area contributed by atoms with Crippen molar-refractivity contribution in [2.75, 3.05) is 6.54 Å². The van der Waals surface area contributed by atoms with Crippen molar-refractivity contribution >= 4 is 23.1 Å². The second kappa shape index (κ2) is 6.84. The molecule has 0 aliphatic heterocycles. The summed E-state index contributed by atoms with van der Waals surface area (Å²) in [4.78, 5) is 15.1. The van der Waals surface area contributed by atoms with Gasteiger partial charge in [0.25, 0.3) is 5.91 Å². The minimum atomic E-state index is 0.105. The lowest BCUT2D eigenvalue weighted by Gasteiger charge is -2.29. The highest BCUT2D eigenvalue weighted by Crippen LogP contribution is 2.25. The molecule has 1 amide bonds. The summed E-state index contributed by atoms with van der Waals surface area (Å²) in [6, 6.07) is 8.11. The Balaban J connectivity index is 2.13. The SMILES string of the molecule is Cc1ccc(C(=O)N(CCC(N)=S)C2CCCC2)cc1. The Bertz CT molecular complexity index is 478. The first-order valence-corrected chi connectivity index (χ1v) is 7.64. The third kappa shape index (κ3) is 3.79. The maximum absolute atomic E-state index is 12.7. The van der Waals surface area contributed by atoms with Crippen molar-refractivity contribution in [3.05, 3.63) is 35.4 Å². The van der Waals surface area contributed by atoms with Crippen LogP contribution in [0.5, 0.6) is 0 Å². The summed E-state index contributed by atoms with van der Waals surface area (Å²) in [5.74, 6) is 0.105. The summed E-state index contributed by atoms with van der Waals surface area (Å²) in [6.07, 6.45) is 5.19. The van der Waals surface area contributed by atoms with Crippen LogP contribution >= 0.6 is 12.2 Å². The molecule has 20 heavy (non-hydrogen) atoms. The van der Waals surface area contributed by atoms with Gasteiger partial charge in [0.15, 0.2) is 0 Å². The van der Waals surface area contributed by atoms with E-state index in [0.29, 0.717) is 24.0 Å². The van der Waals surface area contributed by atoms with E-state index in [2.05, 4.69) is 0 Å². The maximum atomic E-state index is 12.7. The molecule has 2 rings (SSSR count). The number of carbonyl (C=O) groups excluding carboxylic acids is 1. The van der Waals surface area contributed by atoms with Crippen molar-refractivity contribution in [2.45, 2.75) is 45.1 Å². The Labute approximate surface area is 126 Å². The fourth-order valence-corrected chi connectivity index (χ4v) is 2.85. The van der Waals surface area contributed by atoms with Crippen molar-refractivity contribution < 1.29 is 4.79 Å². The maximum Gasteiger partial charge on any atom is 0.254 e. The molecule has 1 aromatic rings. The van der Waals surface area contributed by atoms with Gasteiger partial charge in [0.1, 0.15) is 0 Å². The van der Waals surface area contributed by atoms with Gasteiger partial charge in [0, 0.05) is 24.6 Å². The van der Waals surface area contributed by atoms with E-state index < -0.39 is 0 Å². The van der Waals surface area contributed by atoms with Gasteiger partial charge in [-0.25, -0.2) is 0 Å². The van der Waals surface area contributed by atoms with Gasteiger partial charge >= 0.3 is 0 Å². The number of rotatable bonds is 5. The van der Waals surface area contributed by atoms with Crippen molar-refractivity contribution in [2.24, 2.45) is 5.73 Å². The van der Waals surface area contributed by atoms with E-state index in [-0.39, 0.29) is 5.91 Å². The average molecular weight is 290 g/mol. The molecule has 4 heteroatoms. The summed E-state index contributed by atoms with van der Waals surface area (Å²) < 4.78 is 0. The van der Waals surface area contributed by atoms with Gasteiger partial charge in [0.05, 0.1) is 4.99 Å². The van der Waals surface area contributed by atoms with Gasteiger partial charge in [-0.3, -0.25) is 4.79 Å². The molecule has 3 nitrogen and oxygen atoms in total. The molecule has 1 aromatic carbocycles. The van der Waals surface area contributed by atoms with Crippen molar-refractivity contribution in [1.82, 2.24) is 4.90 Å². The summed E-state index contributed by atoms with van der Waals surface area (Å²) in [5.41, 5.74) is 7.51. The zero-order valence-electron chi connectivity index (χ0n) is 12.0. The van der Waals surface area contributed by atoms with Gasteiger partial charge in [-0.05, 0) is 31.9 Å². The number of hydrogen-bond acceptors (Lipinski definition) is 2. The number of amides is 1. The molecule has 1 saturated carbocycles. The Kier molecular flexibility index (Phi) is 5.12. The molecule has 0 saturated heterocycles. The lowest BCUT2D eigenvalue weighted by Crippen LogP contribution is -2.40. The third-order valence-corrected chi connectivity index (χ3v) is 4.13. The number of thiocarbonyl (C=S) groups is 1. The van der Waals surface area contributed by atoms with Gasteiger partial charge in [-0.2, -0.15) is 0 Å². The molecule has 0 spiro atoms. The monoisotopic (exact) mass is 290 g/mol. The van der Waals surface area contributed by atoms with Crippen LogP contribution in [0, 0.1) is 6.92 Å². The Hall–Kier alpha value is -1.42. The molecule has 0 radical (unpaired) electrons. The Morgan fingerprint density at radius 1 is 1.30 bits per heavy atom. The largest absolute Gasteiger partial charge is 0.393 e. The molecule has 0 aromatic heterocycles. The minimum absolute atomic E-state index is 0.105. The van der Waals surface area contributed by atoms with E-state index in [9.17, 15) is 4.79 Å². The van der Waals surface area contributed by atoms with Crippen LogP contribution in [-0.4, -0.2) is 28.4 Å². The zero-order valence-corrected chi connectivity index (χ0v) is 12.8. The lowest BCUT2D eigenvalue weighted by atomic mass is 10.1. The summed E-state index contributed by atoms with van der Waals surface area (Å²) in [5, 5.41) is 0. The quantitative estimate of drug-likeness (QED) is 0.848.